The normalized spacial score (nSPS) is 13.5. The van der Waals surface area contributed by atoms with E-state index in [-0.39, 0.29) is 17.2 Å². The third-order valence-electron chi connectivity index (χ3n) is 5.33. The Kier molecular flexibility index (Phi) is 21.7. The first-order valence-corrected chi connectivity index (χ1v) is 16.5. The van der Waals surface area contributed by atoms with Crippen molar-refractivity contribution in [3.05, 3.63) is 0 Å². The Balaban J connectivity index is 0. The molecule has 0 bridgehead atoms. The predicted octanol–water partition coefficient (Wildman–Crippen LogP) is 9.88. The third kappa shape index (κ3) is 28.6. The summed E-state index contributed by atoms with van der Waals surface area (Å²) in [7, 11) is 0. The highest BCUT2D eigenvalue weighted by molar-refractivity contribution is 5.69. The van der Waals surface area contributed by atoms with Crippen molar-refractivity contribution >= 4 is 5.97 Å². The van der Waals surface area contributed by atoms with Gasteiger partial charge in [0.2, 0.25) is 11.6 Å². The number of rotatable bonds is 20. The quantitative estimate of drug-likeness (QED) is 0.0421. The van der Waals surface area contributed by atoms with Gasteiger partial charge in [0, 0.05) is 25.7 Å². The molecule has 0 aliphatic heterocycles. The van der Waals surface area contributed by atoms with Crippen LogP contribution in [-0.2, 0) is 48.6 Å². The first-order valence-electron chi connectivity index (χ1n) is 16.5. The lowest BCUT2D eigenvalue weighted by atomic mass is 10.0. The minimum Gasteiger partial charge on any atom is -0.466 e. The minimum atomic E-state index is -1.04. The molecule has 0 aromatic carbocycles. The van der Waals surface area contributed by atoms with Gasteiger partial charge in [0.25, 0.3) is 0 Å². The first kappa shape index (κ1) is 45.3. The van der Waals surface area contributed by atoms with Gasteiger partial charge in [0.1, 0.15) is 0 Å². The van der Waals surface area contributed by atoms with Crippen LogP contribution in [0, 0.1) is 0 Å². The Bertz CT molecular complexity index is 690. The summed E-state index contributed by atoms with van der Waals surface area (Å²) in [5.74, 6) is -2.08. The van der Waals surface area contributed by atoms with Crippen LogP contribution in [0.1, 0.15) is 175 Å². The van der Waals surface area contributed by atoms with E-state index in [4.69, 9.17) is 43.8 Å². The molecule has 0 heterocycles. The minimum absolute atomic E-state index is 0.155. The number of unbranched alkanes of at least 4 members (excludes halogenated alkanes) is 3. The van der Waals surface area contributed by atoms with E-state index in [2.05, 4.69) is 13.8 Å². The van der Waals surface area contributed by atoms with E-state index in [0.717, 1.165) is 32.1 Å². The highest BCUT2D eigenvalue weighted by Gasteiger charge is 2.38. The number of esters is 1. The van der Waals surface area contributed by atoms with Crippen molar-refractivity contribution < 1.29 is 48.6 Å². The Morgan fingerprint density at radius 1 is 0.477 bits per heavy atom. The number of hydrogen-bond donors (Lipinski definition) is 0. The summed E-state index contributed by atoms with van der Waals surface area (Å²) in [6.07, 6.45) is 7.73. The zero-order valence-corrected chi connectivity index (χ0v) is 31.4. The van der Waals surface area contributed by atoms with Crippen LogP contribution in [0.15, 0.2) is 0 Å². The van der Waals surface area contributed by atoms with Crippen LogP contribution in [0.4, 0.5) is 0 Å². The Morgan fingerprint density at radius 2 is 0.864 bits per heavy atom. The predicted molar refractivity (Wildman–Crippen MR) is 173 cm³/mol. The summed E-state index contributed by atoms with van der Waals surface area (Å²) < 4.78 is 5.32. The SMILES string of the molecule is CCC(C)(OOC(C)(C)C)OOC(C)(C)C.CCCCCC(CCCOC(=O)CCCC)(OOC(C)(C)C)OOC(C)(C)C. The summed E-state index contributed by atoms with van der Waals surface area (Å²) >= 11 is 0. The van der Waals surface area contributed by atoms with Gasteiger partial charge in [-0.25, -0.2) is 19.6 Å². The standard InChI is InChI=1S/C22H44O6.C12H26O4/c1-9-11-13-16-22(27-25-20(3,4)5,28-26-21(6,7)8)17-14-18-24-19(23)15-12-10-2;1-9-12(8,15-13-10(2,3)4)16-14-11(5,6)7/h9-18H2,1-8H3;9H2,1-8H3. The molecule has 0 rings (SSSR count). The smallest absolute Gasteiger partial charge is 0.305 e. The van der Waals surface area contributed by atoms with Crippen molar-refractivity contribution in [1.82, 2.24) is 0 Å². The number of hydrogen-bond acceptors (Lipinski definition) is 10. The first-order chi connectivity index (χ1) is 19.9. The molecule has 0 aliphatic rings. The Morgan fingerprint density at radius 3 is 1.23 bits per heavy atom. The van der Waals surface area contributed by atoms with Crippen LogP contribution >= 0.6 is 0 Å². The van der Waals surface area contributed by atoms with Gasteiger partial charge in [-0.05, 0) is 109 Å². The molecule has 44 heavy (non-hydrogen) atoms. The van der Waals surface area contributed by atoms with Gasteiger partial charge in [-0.15, -0.1) is 0 Å². The van der Waals surface area contributed by atoms with Gasteiger partial charge in [0.15, 0.2) is 0 Å². The molecule has 0 fully saturated rings. The second kappa shape index (κ2) is 21.1. The number of ether oxygens (including phenoxy) is 1. The van der Waals surface area contributed by atoms with Gasteiger partial charge >= 0.3 is 5.97 Å². The van der Waals surface area contributed by atoms with Gasteiger partial charge in [0.05, 0.1) is 29.0 Å². The lowest BCUT2D eigenvalue weighted by Gasteiger charge is -2.35. The summed E-state index contributed by atoms with van der Waals surface area (Å²) in [5.41, 5.74) is -1.70. The molecule has 0 amide bonds. The maximum absolute atomic E-state index is 11.7. The van der Waals surface area contributed by atoms with Crippen LogP contribution in [0.3, 0.4) is 0 Å². The fraction of sp³-hybridized carbons (Fsp3) is 0.971. The molecule has 10 heteroatoms. The van der Waals surface area contributed by atoms with Gasteiger partial charge in [-0.2, -0.15) is 19.6 Å². The van der Waals surface area contributed by atoms with Crippen LogP contribution in [-0.4, -0.2) is 46.6 Å². The van der Waals surface area contributed by atoms with Crippen LogP contribution in [0.5, 0.6) is 0 Å². The van der Waals surface area contributed by atoms with Crippen molar-refractivity contribution in [1.29, 1.82) is 0 Å². The molecule has 0 saturated carbocycles. The molecular formula is C34H70O10. The summed E-state index contributed by atoms with van der Waals surface area (Å²) in [6, 6.07) is 0. The van der Waals surface area contributed by atoms with E-state index in [1.165, 1.54) is 0 Å². The van der Waals surface area contributed by atoms with E-state index in [9.17, 15) is 4.79 Å². The van der Waals surface area contributed by atoms with Crippen molar-refractivity contribution in [3.8, 4) is 0 Å². The Labute approximate surface area is 270 Å². The fourth-order valence-corrected chi connectivity index (χ4v) is 2.83. The molecule has 0 saturated heterocycles. The molecule has 266 valence electrons. The van der Waals surface area contributed by atoms with Gasteiger partial charge < -0.3 is 4.74 Å². The van der Waals surface area contributed by atoms with Crippen molar-refractivity contribution in [2.24, 2.45) is 0 Å². The second-order valence-electron chi connectivity index (χ2n) is 15.4. The van der Waals surface area contributed by atoms with E-state index in [1.54, 1.807) is 6.92 Å². The maximum Gasteiger partial charge on any atom is 0.305 e. The summed E-state index contributed by atoms with van der Waals surface area (Å²) in [4.78, 5) is 55.7. The Hall–Kier alpha value is -0.850. The molecule has 0 aliphatic carbocycles. The lowest BCUT2D eigenvalue weighted by molar-refractivity contribution is -0.544. The van der Waals surface area contributed by atoms with E-state index < -0.39 is 22.8 Å². The molecule has 0 unspecified atom stereocenters. The van der Waals surface area contributed by atoms with E-state index in [0.29, 0.717) is 38.7 Å². The summed E-state index contributed by atoms with van der Waals surface area (Å²) in [6.45, 7) is 31.2. The van der Waals surface area contributed by atoms with Gasteiger partial charge in [-0.1, -0.05) is 40.0 Å². The zero-order chi connectivity index (χ0) is 34.7. The molecule has 0 spiro atoms. The molecular weight excluding hydrogens is 568 g/mol. The molecule has 0 N–H and O–H groups in total. The average molecular weight is 639 g/mol. The number of carbonyl (C=O) groups is 1. The third-order valence-corrected chi connectivity index (χ3v) is 5.33. The fourth-order valence-electron chi connectivity index (χ4n) is 2.83. The highest BCUT2D eigenvalue weighted by atomic mass is 17.3. The number of carbonyl (C=O) groups excluding carboxylic acids is 1. The van der Waals surface area contributed by atoms with Crippen molar-refractivity contribution in [2.75, 3.05) is 6.61 Å². The molecule has 0 aromatic rings. The zero-order valence-electron chi connectivity index (χ0n) is 31.4. The van der Waals surface area contributed by atoms with Crippen molar-refractivity contribution in [2.45, 2.75) is 209 Å². The molecule has 0 radical (unpaired) electrons. The molecule has 0 aromatic heterocycles. The van der Waals surface area contributed by atoms with Crippen LogP contribution < -0.4 is 0 Å². The van der Waals surface area contributed by atoms with Gasteiger partial charge in [-0.3, -0.25) is 4.79 Å². The maximum atomic E-state index is 11.7. The molecule has 0 atom stereocenters. The van der Waals surface area contributed by atoms with E-state index >= 15 is 0 Å². The van der Waals surface area contributed by atoms with Crippen molar-refractivity contribution in [3.63, 3.8) is 0 Å². The second-order valence-corrected chi connectivity index (χ2v) is 15.4. The largest absolute Gasteiger partial charge is 0.466 e. The molecule has 10 nitrogen and oxygen atoms in total. The van der Waals surface area contributed by atoms with E-state index in [1.807, 2.05) is 90.0 Å². The van der Waals surface area contributed by atoms with Crippen LogP contribution in [0.2, 0.25) is 0 Å². The average Bonchev–Trinajstić information content (AvgIpc) is 2.88. The highest BCUT2D eigenvalue weighted by Crippen LogP contribution is 2.31. The lowest BCUT2D eigenvalue weighted by Crippen LogP contribution is -2.41. The topological polar surface area (TPSA) is 100 Å². The monoisotopic (exact) mass is 638 g/mol. The van der Waals surface area contributed by atoms with Crippen LogP contribution in [0.25, 0.3) is 0 Å². The summed E-state index contributed by atoms with van der Waals surface area (Å²) in [5, 5.41) is 0.